The predicted molar refractivity (Wildman–Crippen MR) is 145 cm³/mol. The Hall–Kier alpha value is -2.34. The first-order chi connectivity index (χ1) is 19.9. The lowest BCUT2D eigenvalue weighted by molar-refractivity contribution is -0.229. The largest absolute Gasteiger partial charge is 0.462 e. The molecular weight excluding hydrogens is 560 g/mol. The first kappa shape index (κ1) is 29.4. The van der Waals surface area contributed by atoms with Gasteiger partial charge in [0.05, 0.1) is 17.6 Å². The van der Waals surface area contributed by atoms with Gasteiger partial charge in [0.25, 0.3) is 0 Å². The van der Waals surface area contributed by atoms with Gasteiger partial charge in [0.1, 0.15) is 30.2 Å². The fraction of sp³-hybridized carbons (Fsp3) is 0.812. The maximum atomic E-state index is 14.4. The number of fused-ring (bicyclic) bond motifs is 10. The van der Waals surface area contributed by atoms with Gasteiger partial charge in [-0.2, -0.15) is 0 Å². The maximum absolute atomic E-state index is 14.4. The predicted octanol–water partition coefficient (Wildman–Crippen LogP) is 1.30. The summed E-state index contributed by atoms with van der Waals surface area (Å²) in [4.78, 5) is 52.3. The number of ketones is 1. The van der Waals surface area contributed by atoms with Crippen LogP contribution >= 0.6 is 0 Å². The fourth-order valence-corrected chi connectivity index (χ4v) is 11.5. The second kappa shape index (κ2) is 8.68. The van der Waals surface area contributed by atoms with E-state index in [1.807, 2.05) is 26.8 Å². The highest BCUT2D eigenvalue weighted by atomic mass is 16.6. The minimum absolute atomic E-state index is 0.230. The Morgan fingerprint density at radius 2 is 1.58 bits per heavy atom. The molecule has 17 atom stereocenters. The molecule has 2 saturated heterocycles. The zero-order chi connectivity index (χ0) is 31.3. The van der Waals surface area contributed by atoms with Crippen LogP contribution in [0.2, 0.25) is 0 Å². The second-order valence-corrected chi connectivity index (χ2v) is 15.2. The maximum Gasteiger partial charge on any atom is 0.343 e. The first-order valence-corrected chi connectivity index (χ1v) is 15.5. The number of esters is 3. The number of aliphatic hydroxyl groups excluding tert-OH is 2. The third kappa shape index (κ3) is 3.29. The fourth-order valence-electron chi connectivity index (χ4n) is 11.5. The van der Waals surface area contributed by atoms with Crippen LogP contribution in [0.3, 0.4) is 0 Å². The molecule has 11 nitrogen and oxygen atoms in total. The van der Waals surface area contributed by atoms with Crippen LogP contribution in [0, 0.1) is 57.7 Å². The van der Waals surface area contributed by atoms with Crippen molar-refractivity contribution in [3.8, 4) is 0 Å². The van der Waals surface area contributed by atoms with Crippen molar-refractivity contribution in [1.29, 1.82) is 0 Å². The highest BCUT2D eigenvalue weighted by Crippen LogP contribution is 2.75. The Labute approximate surface area is 250 Å². The van der Waals surface area contributed by atoms with E-state index in [2.05, 4.69) is 0 Å². The van der Waals surface area contributed by atoms with Gasteiger partial charge in [-0.1, -0.05) is 20.8 Å². The molecular formula is C32H42O11. The number of epoxide rings is 1. The van der Waals surface area contributed by atoms with Gasteiger partial charge in [-0.05, 0) is 50.5 Å². The average molecular weight is 603 g/mol. The summed E-state index contributed by atoms with van der Waals surface area (Å²) in [6, 6.07) is 0. The van der Waals surface area contributed by atoms with Crippen molar-refractivity contribution in [2.45, 2.75) is 104 Å². The van der Waals surface area contributed by atoms with Crippen LogP contribution in [0.25, 0.3) is 0 Å². The van der Waals surface area contributed by atoms with E-state index in [0.717, 1.165) is 0 Å². The Morgan fingerprint density at radius 1 is 0.930 bits per heavy atom. The minimum Gasteiger partial charge on any atom is -0.462 e. The van der Waals surface area contributed by atoms with E-state index in [4.69, 9.17) is 18.9 Å². The zero-order valence-corrected chi connectivity index (χ0v) is 25.6. The number of rotatable bonds is 2. The van der Waals surface area contributed by atoms with Crippen LogP contribution < -0.4 is 0 Å². The molecule has 0 spiro atoms. The molecule has 0 bridgehead atoms. The molecule has 0 aromatic carbocycles. The van der Waals surface area contributed by atoms with Gasteiger partial charge in [0.2, 0.25) is 0 Å². The molecule has 7 rings (SSSR count). The molecule has 4 saturated carbocycles. The van der Waals surface area contributed by atoms with E-state index in [9.17, 15) is 34.5 Å². The van der Waals surface area contributed by atoms with E-state index in [1.54, 1.807) is 6.92 Å². The van der Waals surface area contributed by atoms with E-state index in [0.29, 0.717) is 12.2 Å². The van der Waals surface area contributed by atoms with Gasteiger partial charge in [-0.25, -0.2) is 4.79 Å². The molecule has 7 aliphatic rings. The van der Waals surface area contributed by atoms with Gasteiger partial charge >= 0.3 is 17.9 Å². The van der Waals surface area contributed by atoms with Gasteiger partial charge in [0, 0.05) is 48.3 Å². The quantitative estimate of drug-likeness (QED) is 0.237. The van der Waals surface area contributed by atoms with Gasteiger partial charge in [0.15, 0.2) is 11.4 Å². The van der Waals surface area contributed by atoms with Crippen molar-refractivity contribution in [3.05, 3.63) is 11.8 Å². The van der Waals surface area contributed by atoms with Crippen molar-refractivity contribution in [3.63, 3.8) is 0 Å². The van der Waals surface area contributed by atoms with Crippen molar-refractivity contribution in [1.82, 2.24) is 0 Å². The van der Waals surface area contributed by atoms with Crippen molar-refractivity contribution >= 4 is 23.7 Å². The average Bonchev–Trinajstić information content (AvgIpc) is 3.60. The van der Waals surface area contributed by atoms with Crippen LogP contribution in [0.5, 0.6) is 0 Å². The number of hydrogen-bond donors (Lipinski definition) is 3. The van der Waals surface area contributed by atoms with Crippen LogP contribution in [0.15, 0.2) is 11.8 Å². The Morgan fingerprint density at radius 3 is 2.21 bits per heavy atom. The lowest BCUT2D eigenvalue weighted by atomic mass is 9.42. The molecule has 0 amide bonds. The van der Waals surface area contributed by atoms with Crippen molar-refractivity contribution < 1.29 is 53.4 Å². The molecule has 2 heterocycles. The molecule has 1 unspecified atom stereocenters. The third-order valence-corrected chi connectivity index (χ3v) is 13.5. The smallest absolute Gasteiger partial charge is 0.343 e. The lowest BCUT2D eigenvalue weighted by Crippen LogP contribution is -2.70. The molecule has 3 N–H and O–H groups in total. The molecule has 0 aromatic heterocycles. The summed E-state index contributed by atoms with van der Waals surface area (Å²) in [6.07, 6.45) is -2.20. The normalized spacial score (nSPS) is 57.5. The Balaban J connectivity index is 1.42. The topological polar surface area (TPSA) is 169 Å². The van der Waals surface area contributed by atoms with Gasteiger partial charge < -0.3 is 34.3 Å². The highest BCUT2D eigenvalue weighted by molar-refractivity contribution is 5.88. The van der Waals surface area contributed by atoms with Crippen LogP contribution in [-0.4, -0.2) is 81.2 Å². The summed E-state index contributed by atoms with van der Waals surface area (Å²) >= 11 is 0. The lowest BCUT2D eigenvalue weighted by Gasteiger charge is -2.63. The zero-order valence-electron chi connectivity index (χ0n) is 25.6. The van der Waals surface area contributed by atoms with Crippen LogP contribution in [-0.2, 0) is 38.1 Å². The molecule has 6 fully saturated rings. The number of allylic oxidation sites excluding steroid dienone is 1. The van der Waals surface area contributed by atoms with E-state index in [1.165, 1.54) is 20.8 Å². The molecule has 0 aromatic rings. The van der Waals surface area contributed by atoms with E-state index < -0.39 is 99.7 Å². The molecule has 11 heteroatoms. The number of Topliss-reactive ketones (excluding diaryl/α,β-unsaturated/α-hetero) is 1. The van der Waals surface area contributed by atoms with Crippen molar-refractivity contribution in [2.75, 3.05) is 0 Å². The summed E-state index contributed by atoms with van der Waals surface area (Å²) in [5.41, 5.74) is -5.18. The monoisotopic (exact) mass is 602 g/mol. The molecule has 43 heavy (non-hydrogen) atoms. The number of aliphatic hydroxyl groups is 3. The number of ether oxygens (including phenoxy) is 4. The van der Waals surface area contributed by atoms with Crippen LogP contribution in [0.4, 0.5) is 0 Å². The standard InChI is InChI=1S/C32H42O11/c1-11-8-18-31(6,32(7,39)28(38)43-18)22-20(11)30(5)17(40-12(2)33)10-14-19(21(30)25(22)37)24(36)23(35)15-9-16-26(42-16)27(29(14,15)4)41-13(3)34/h8,11,14-17,19-23,25-27,35,37,39H,9-10H2,1-7H3/t11-,14+,15-,16+,17+,19-,20+,21-,22+,23?,25-,26+,27+,29-,30-,31+,32-/m1/s1. The highest BCUT2D eigenvalue weighted by Gasteiger charge is 2.80. The number of hydrogen-bond acceptors (Lipinski definition) is 11. The first-order valence-electron chi connectivity index (χ1n) is 15.5. The summed E-state index contributed by atoms with van der Waals surface area (Å²) < 4.78 is 23.5. The number of carbonyl (C=O) groups is 4. The Kier molecular flexibility index (Phi) is 5.93. The molecule has 5 aliphatic carbocycles. The molecule has 2 aliphatic heterocycles. The second-order valence-electron chi connectivity index (χ2n) is 15.2. The molecule has 236 valence electrons. The summed E-state index contributed by atoms with van der Waals surface area (Å²) in [5.74, 6) is -6.11. The summed E-state index contributed by atoms with van der Waals surface area (Å²) in [7, 11) is 0. The van der Waals surface area contributed by atoms with Crippen LogP contribution in [0.1, 0.15) is 61.3 Å². The summed E-state index contributed by atoms with van der Waals surface area (Å²) in [5, 5.41) is 35.7. The summed E-state index contributed by atoms with van der Waals surface area (Å²) in [6.45, 7) is 11.6. The Bertz CT molecular complexity index is 1350. The SMILES string of the molecule is CC(=O)O[C@H]1C[C@H]2[C@@H](C(=O)C(O)[C@H]3C[C@@H]4O[C@@H]4[C@H](OC(C)=O)[C@@]32C)[C@@H]2[C@@H](O)[C@@H]3[C@H]([C@H](C)C=C4OC(=O)[C@@](C)(O)[C@@]43C)[C@]21C. The van der Waals surface area contributed by atoms with Crippen molar-refractivity contribution in [2.24, 2.45) is 57.7 Å². The minimum atomic E-state index is -1.96. The van der Waals surface area contributed by atoms with Gasteiger partial charge in [-0.15, -0.1) is 0 Å². The molecule has 0 radical (unpaired) electrons. The number of carbonyl (C=O) groups excluding carboxylic acids is 4. The van der Waals surface area contributed by atoms with E-state index >= 15 is 0 Å². The third-order valence-electron chi connectivity index (χ3n) is 13.5. The van der Waals surface area contributed by atoms with E-state index in [-0.39, 0.29) is 30.3 Å². The van der Waals surface area contributed by atoms with Gasteiger partial charge in [-0.3, -0.25) is 14.4 Å².